The summed E-state index contributed by atoms with van der Waals surface area (Å²) < 4.78 is 1.92. The average molecular weight is 425 g/mol. The van der Waals surface area contributed by atoms with E-state index in [1.807, 2.05) is 96.5 Å². The summed E-state index contributed by atoms with van der Waals surface area (Å²) in [5.41, 5.74) is 3.55. The first kappa shape index (κ1) is 20.0. The molecule has 0 saturated carbocycles. The van der Waals surface area contributed by atoms with Gasteiger partial charge in [0.2, 0.25) is 0 Å². The Morgan fingerprint density at radius 1 is 0.844 bits per heavy atom. The molecule has 0 aliphatic carbocycles. The van der Waals surface area contributed by atoms with E-state index in [2.05, 4.69) is 10.3 Å². The van der Waals surface area contributed by atoms with Gasteiger partial charge in [-0.2, -0.15) is 0 Å². The highest BCUT2D eigenvalue weighted by atomic mass is 16.2. The fourth-order valence-corrected chi connectivity index (χ4v) is 4.40. The van der Waals surface area contributed by atoms with Gasteiger partial charge in [0.15, 0.2) is 0 Å². The number of nitrogens with zero attached hydrogens (tertiary/aromatic N) is 3. The zero-order chi connectivity index (χ0) is 22.1. The Hall–Kier alpha value is -3.93. The number of nitrogens with one attached hydrogen (secondary N) is 1. The number of amides is 3. The Morgan fingerprint density at radius 2 is 1.47 bits per heavy atom. The second kappa shape index (κ2) is 7.96. The molecule has 5 rings (SSSR count). The molecule has 0 bridgehead atoms. The molecule has 1 aliphatic heterocycles. The van der Waals surface area contributed by atoms with Gasteiger partial charge in [0.1, 0.15) is 11.2 Å². The molecular formula is C26H24N4O2. The second-order valence-electron chi connectivity index (χ2n) is 8.43. The smallest absolute Gasteiger partial charge is 0.322 e. The molecule has 160 valence electrons. The van der Waals surface area contributed by atoms with Crippen molar-refractivity contribution in [2.45, 2.75) is 31.8 Å². The fourth-order valence-electron chi connectivity index (χ4n) is 4.40. The molecule has 2 aromatic heterocycles. The molecule has 0 unspecified atom stereocenters. The summed E-state index contributed by atoms with van der Waals surface area (Å²) in [6, 6.07) is 23.2. The average Bonchev–Trinajstić information content (AvgIpc) is 3.28. The fraction of sp³-hybridized carbons (Fsp3) is 0.192. The molecule has 1 aliphatic rings. The summed E-state index contributed by atoms with van der Waals surface area (Å²) in [4.78, 5) is 32.6. The van der Waals surface area contributed by atoms with E-state index in [1.165, 1.54) is 4.90 Å². The Kier molecular flexibility index (Phi) is 4.98. The van der Waals surface area contributed by atoms with Crippen molar-refractivity contribution >= 4 is 17.6 Å². The number of imide groups is 1. The number of benzene rings is 2. The largest absolute Gasteiger partial charge is 0.325 e. The third-order valence-corrected chi connectivity index (χ3v) is 5.91. The van der Waals surface area contributed by atoms with Crippen molar-refractivity contribution in [1.29, 1.82) is 0 Å². The molecule has 6 heteroatoms. The summed E-state index contributed by atoms with van der Waals surface area (Å²) in [7, 11) is 0. The van der Waals surface area contributed by atoms with E-state index < -0.39 is 5.54 Å². The maximum absolute atomic E-state index is 13.7. The molecular weight excluding hydrogens is 400 g/mol. The predicted octanol–water partition coefficient (Wildman–Crippen LogP) is 3.92. The first-order chi connectivity index (χ1) is 15.5. The van der Waals surface area contributed by atoms with Crippen LogP contribution in [0.4, 0.5) is 4.79 Å². The highest BCUT2D eigenvalue weighted by molar-refractivity contribution is 6.07. The van der Waals surface area contributed by atoms with Gasteiger partial charge in [-0.15, -0.1) is 0 Å². The lowest BCUT2D eigenvalue weighted by Gasteiger charge is -2.27. The summed E-state index contributed by atoms with van der Waals surface area (Å²) in [5, 5.41) is 3.03. The van der Waals surface area contributed by atoms with Crippen LogP contribution >= 0.6 is 0 Å². The molecule has 0 atom stereocenters. The minimum Gasteiger partial charge on any atom is -0.322 e. The van der Waals surface area contributed by atoms with Gasteiger partial charge < -0.3 is 9.72 Å². The van der Waals surface area contributed by atoms with Crippen LogP contribution in [0, 0.1) is 6.92 Å². The number of rotatable bonds is 6. The van der Waals surface area contributed by atoms with Crippen LogP contribution in [0.1, 0.15) is 22.4 Å². The molecule has 4 aromatic rings. The Labute approximate surface area is 186 Å². The van der Waals surface area contributed by atoms with Crippen molar-refractivity contribution in [2.75, 3.05) is 0 Å². The molecule has 2 aromatic carbocycles. The molecule has 1 saturated heterocycles. The number of imidazole rings is 1. The normalized spacial score (nSPS) is 15.3. The molecule has 0 radical (unpaired) electrons. The topological polar surface area (TPSA) is 66.7 Å². The van der Waals surface area contributed by atoms with E-state index in [0.717, 1.165) is 22.3 Å². The Bertz CT molecular complexity index is 1240. The van der Waals surface area contributed by atoms with Crippen molar-refractivity contribution in [3.8, 4) is 0 Å². The number of urea groups is 1. The van der Waals surface area contributed by atoms with E-state index in [-0.39, 0.29) is 18.5 Å². The van der Waals surface area contributed by atoms with Crippen molar-refractivity contribution in [2.24, 2.45) is 0 Å². The van der Waals surface area contributed by atoms with E-state index in [4.69, 9.17) is 0 Å². The zero-order valence-electron chi connectivity index (χ0n) is 17.9. The lowest BCUT2D eigenvalue weighted by atomic mass is 9.84. The van der Waals surface area contributed by atoms with Crippen molar-refractivity contribution in [3.63, 3.8) is 0 Å². The molecule has 6 nitrogen and oxygen atoms in total. The zero-order valence-corrected chi connectivity index (χ0v) is 17.9. The third-order valence-electron chi connectivity index (χ3n) is 5.91. The minimum atomic E-state index is -1.03. The Balaban J connectivity index is 1.47. The summed E-state index contributed by atoms with van der Waals surface area (Å²) >= 11 is 0. The molecule has 1 fully saturated rings. The third kappa shape index (κ3) is 3.75. The number of hydrogen-bond acceptors (Lipinski definition) is 3. The van der Waals surface area contributed by atoms with Gasteiger partial charge in [0, 0.05) is 25.2 Å². The van der Waals surface area contributed by atoms with Crippen molar-refractivity contribution in [1.82, 2.24) is 19.6 Å². The van der Waals surface area contributed by atoms with E-state index in [1.54, 1.807) is 0 Å². The van der Waals surface area contributed by atoms with Crippen molar-refractivity contribution in [3.05, 3.63) is 108 Å². The monoisotopic (exact) mass is 424 g/mol. The van der Waals surface area contributed by atoms with Crippen LogP contribution < -0.4 is 5.32 Å². The Morgan fingerprint density at radius 3 is 2.09 bits per heavy atom. The van der Waals surface area contributed by atoms with Crippen LogP contribution in [0.2, 0.25) is 0 Å². The van der Waals surface area contributed by atoms with E-state index >= 15 is 0 Å². The first-order valence-electron chi connectivity index (χ1n) is 10.7. The van der Waals surface area contributed by atoms with Crippen LogP contribution in [0.5, 0.6) is 0 Å². The van der Waals surface area contributed by atoms with Crippen LogP contribution in [-0.2, 0) is 24.2 Å². The second-order valence-corrected chi connectivity index (χ2v) is 8.43. The van der Waals surface area contributed by atoms with Gasteiger partial charge in [0.25, 0.3) is 5.91 Å². The van der Waals surface area contributed by atoms with Gasteiger partial charge >= 0.3 is 6.03 Å². The maximum Gasteiger partial charge on any atom is 0.325 e. The van der Waals surface area contributed by atoms with Gasteiger partial charge in [-0.1, -0.05) is 66.7 Å². The first-order valence-corrected chi connectivity index (χ1v) is 10.7. The predicted molar refractivity (Wildman–Crippen MR) is 122 cm³/mol. The van der Waals surface area contributed by atoms with E-state index in [9.17, 15) is 9.59 Å². The van der Waals surface area contributed by atoms with Gasteiger partial charge in [-0.3, -0.25) is 9.69 Å². The SMILES string of the molecule is Cc1ccc2nc(CN3C(=O)NC(Cc4ccccc4)(Cc4ccccc4)C3=O)cn2c1. The lowest BCUT2D eigenvalue weighted by Crippen LogP contribution is -2.51. The lowest BCUT2D eigenvalue weighted by molar-refractivity contribution is -0.131. The number of hydrogen-bond donors (Lipinski definition) is 1. The molecule has 3 amide bonds. The summed E-state index contributed by atoms with van der Waals surface area (Å²) in [6.07, 6.45) is 4.70. The highest BCUT2D eigenvalue weighted by Gasteiger charge is 2.51. The number of fused-ring (bicyclic) bond motifs is 1. The van der Waals surface area contributed by atoms with Gasteiger partial charge in [0.05, 0.1) is 12.2 Å². The summed E-state index contributed by atoms with van der Waals surface area (Å²) in [6.45, 7) is 2.15. The maximum atomic E-state index is 13.7. The molecule has 1 N–H and O–H groups in total. The number of carbonyl (C=O) groups is 2. The molecule has 32 heavy (non-hydrogen) atoms. The standard InChI is InChI=1S/C26H24N4O2/c1-19-12-13-23-27-22(17-29(23)16-19)18-30-24(31)26(28-25(30)32,14-20-8-4-2-5-9-20)15-21-10-6-3-7-11-21/h2-13,16-17H,14-15,18H2,1H3,(H,28,32). The summed E-state index contributed by atoms with van der Waals surface area (Å²) in [5.74, 6) is -0.219. The quantitative estimate of drug-likeness (QED) is 0.477. The number of carbonyl (C=O) groups excluding carboxylic acids is 2. The van der Waals surface area contributed by atoms with Crippen LogP contribution in [0.25, 0.3) is 5.65 Å². The van der Waals surface area contributed by atoms with Crippen LogP contribution in [0.15, 0.2) is 85.2 Å². The van der Waals surface area contributed by atoms with Gasteiger partial charge in [-0.25, -0.2) is 9.78 Å². The number of pyridine rings is 1. The molecule has 0 spiro atoms. The van der Waals surface area contributed by atoms with Gasteiger partial charge in [-0.05, 0) is 29.7 Å². The van der Waals surface area contributed by atoms with Crippen LogP contribution in [-0.4, -0.2) is 31.8 Å². The number of aryl methyl sites for hydroxylation is 1. The number of aromatic nitrogens is 2. The van der Waals surface area contributed by atoms with Crippen molar-refractivity contribution < 1.29 is 9.59 Å². The van der Waals surface area contributed by atoms with Crippen LogP contribution in [0.3, 0.4) is 0 Å². The van der Waals surface area contributed by atoms with E-state index in [0.29, 0.717) is 18.5 Å². The molecule has 3 heterocycles. The minimum absolute atomic E-state index is 0.136. The highest BCUT2D eigenvalue weighted by Crippen LogP contribution is 2.28.